The summed E-state index contributed by atoms with van der Waals surface area (Å²) in [5.41, 5.74) is 0. The van der Waals surface area contributed by atoms with Crippen molar-refractivity contribution in [2.24, 2.45) is 11.8 Å². The average molecular weight is 263 g/mol. The predicted octanol–water partition coefficient (Wildman–Crippen LogP) is 2.35. The highest BCUT2D eigenvalue weighted by Gasteiger charge is 2.24. The maximum atomic E-state index is 11.9. The topological polar surface area (TPSA) is 41.1 Å². The molecule has 1 aliphatic rings. The quantitative estimate of drug-likeness (QED) is 0.799. The number of piperidine rings is 1. The molecule has 0 aromatic rings. The molecule has 3 nitrogen and oxygen atoms in total. The Morgan fingerprint density at radius 3 is 2.59 bits per heavy atom. The van der Waals surface area contributed by atoms with Crippen LogP contribution in [0.4, 0.5) is 0 Å². The maximum Gasteiger partial charge on any atom is 0.223 e. The zero-order valence-corrected chi connectivity index (χ0v) is 12.1. The van der Waals surface area contributed by atoms with Crippen LogP contribution < -0.4 is 10.6 Å². The molecule has 1 saturated heterocycles. The minimum Gasteiger partial charge on any atom is -0.356 e. The molecule has 1 fully saturated rings. The first-order valence-electron chi connectivity index (χ1n) is 6.68. The van der Waals surface area contributed by atoms with E-state index < -0.39 is 0 Å². The molecule has 1 rings (SSSR count). The Morgan fingerprint density at radius 1 is 1.41 bits per heavy atom. The monoisotopic (exact) mass is 262 g/mol. The molecule has 1 heterocycles. The van der Waals surface area contributed by atoms with Gasteiger partial charge in [0.2, 0.25) is 5.91 Å². The summed E-state index contributed by atoms with van der Waals surface area (Å²) in [4.78, 5) is 11.9. The minimum absolute atomic E-state index is 0. The van der Waals surface area contributed by atoms with Crippen molar-refractivity contribution in [1.82, 2.24) is 10.6 Å². The molecule has 0 spiro atoms. The standard InChI is InChI=1S/C13H26N2O.ClH/c1-4-11(5-2)9-15-13(16)12-6-7-14-10(3)8-12;/h10-12,14H,4-9H2,1-3H3,(H,15,16);1H/t10-,12-;/m0./s1. The summed E-state index contributed by atoms with van der Waals surface area (Å²) in [6.45, 7) is 8.36. The Balaban J connectivity index is 0.00000256. The number of halogens is 1. The van der Waals surface area contributed by atoms with E-state index in [4.69, 9.17) is 0 Å². The van der Waals surface area contributed by atoms with E-state index in [9.17, 15) is 4.79 Å². The molecule has 0 radical (unpaired) electrons. The molecule has 102 valence electrons. The number of carbonyl (C=O) groups excluding carboxylic acids is 1. The van der Waals surface area contributed by atoms with Gasteiger partial charge in [-0.3, -0.25) is 4.79 Å². The van der Waals surface area contributed by atoms with Crippen LogP contribution in [0.3, 0.4) is 0 Å². The SMILES string of the molecule is CCC(CC)CNC(=O)[C@H]1CCN[C@@H](C)C1.Cl. The fourth-order valence-corrected chi connectivity index (χ4v) is 2.34. The molecule has 2 N–H and O–H groups in total. The third-order valence-corrected chi connectivity index (χ3v) is 3.71. The molecule has 0 aromatic heterocycles. The van der Waals surface area contributed by atoms with Gasteiger partial charge in [0.1, 0.15) is 0 Å². The van der Waals surface area contributed by atoms with Gasteiger partial charge in [-0.1, -0.05) is 26.7 Å². The summed E-state index contributed by atoms with van der Waals surface area (Å²) in [7, 11) is 0. The van der Waals surface area contributed by atoms with Gasteiger partial charge >= 0.3 is 0 Å². The van der Waals surface area contributed by atoms with Crippen LogP contribution in [0.1, 0.15) is 46.5 Å². The summed E-state index contributed by atoms with van der Waals surface area (Å²) in [6.07, 6.45) is 4.27. The number of hydrogen-bond donors (Lipinski definition) is 2. The fourth-order valence-electron chi connectivity index (χ4n) is 2.34. The van der Waals surface area contributed by atoms with Gasteiger partial charge in [0, 0.05) is 18.5 Å². The molecule has 0 unspecified atom stereocenters. The summed E-state index contributed by atoms with van der Waals surface area (Å²) >= 11 is 0. The normalized spacial score (nSPS) is 24.2. The first kappa shape index (κ1) is 16.7. The summed E-state index contributed by atoms with van der Waals surface area (Å²) in [5, 5.41) is 6.48. The number of nitrogens with one attached hydrogen (secondary N) is 2. The second-order valence-electron chi connectivity index (χ2n) is 5.00. The second-order valence-corrected chi connectivity index (χ2v) is 5.00. The van der Waals surface area contributed by atoms with Crippen molar-refractivity contribution in [3.05, 3.63) is 0 Å². The average Bonchev–Trinajstić information content (AvgIpc) is 2.30. The van der Waals surface area contributed by atoms with Crippen LogP contribution in [-0.4, -0.2) is 25.0 Å². The third kappa shape index (κ3) is 5.73. The zero-order chi connectivity index (χ0) is 12.0. The van der Waals surface area contributed by atoms with Crippen LogP contribution >= 0.6 is 12.4 Å². The van der Waals surface area contributed by atoms with Crippen molar-refractivity contribution in [3.63, 3.8) is 0 Å². The van der Waals surface area contributed by atoms with Crippen molar-refractivity contribution in [2.45, 2.75) is 52.5 Å². The lowest BCUT2D eigenvalue weighted by atomic mass is 9.92. The highest BCUT2D eigenvalue weighted by atomic mass is 35.5. The zero-order valence-electron chi connectivity index (χ0n) is 11.3. The van der Waals surface area contributed by atoms with Gasteiger partial charge < -0.3 is 10.6 Å². The van der Waals surface area contributed by atoms with Gasteiger partial charge in [0.05, 0.1) is 0 Å². The van der Waals surface area contributed by atoms with Crippen molar-refractivity contribution in [3.8, 4) is 0 Å². The van der Waals surface area contributed by atoms with Crippen LogP contribution in [0.5, 0.6) is 0 Å². The molecule has 1 amide bonds. The largest absolute Gasteiger partial charge is 0.356 e. The molecule has 0 aliphatic carbocycles. The van der Waals surface area contributed by atoms with E-state index in [1.54, 1.807) is 0 Å². The molecule has 2 atom stereocenters. The van der Waals surface area contributed by atoms with Crippen molar-refractivity contribution in [1.29, 1.82) is 0 Å². The highest BCUT2D eigenvalue weighted by Crippen LogP contribution is 2.16. The summed E-state index contributed by atoms with van der Waals surface area (Å²) < 4.78 is 0. The Labute approximate surface area is 112 Å². The Morgan fingerprint density at radius 2 is 2.06 bits per heavy atom. The van der Waals surface area contributed by atoms with Gasteiger partial charge in [0.25, 0.3) is 0 Å². The lowest BCUT2D eigenvalue weighted by Crippen LogP contribution is -2.43. The third-order valence-electron chi connectivity index (χ3n) is 3.71. The van der Waals surface area contributed by atoms with E-state index in [-0.39, 0.29) is 24.2 Å². The second kappa shape index (κ2) is 8.76. The van der Waals surface area contributed by atoms with E-state index in [2.05, 4.69) is 31.4 Å². The maximum absolute atomic E-state index is 11.9. The molecular formula is C13H27ClN2O. The first-order chi connectivity index (χ1) is 7.67. The van der Waals surface area contributed by atoms with Gasteiger partial charge in [0.15, 0.2) is 0 Å². The Hall–Kier alpha value is -0.280. The van der Waals surface area contributed by atoms with E-state index in [1.807, 2.05) is 0 Å². The molecule has 4 heteroatoms. The van der Waals surface area contributed by atoms with Gasteiger partial charge in [-0.2, -0.15) is 0 Å². The molecule has 0 saturated carbocycles. The molecule has 1 aliphatic heterocycles. The lowest BCUT2D eigenvalue weighted by Gasteiger charge is -2.27. The van der Waals surface area contributed by atoms with E-state index in [0.717, 1.165) is 38.8 Å². The molecule has 0 bridgehead atoms. The van der Waals surface area contributed by atoms with Crippen molar-refractivity contribution >= 4 is 18.3 Å². The lowest BCUT2D eigenvalue weighted by molar-refractivity contribution is -0.126. The highest BCUT2D eigenvalue weighted by molar-refractivity contribution is 5.85. The van der Waals surface area contributed by atoms with Gasteiger partial charge in [-0.05, 0) is 32.2 Å². The fraction of sp³-hybridized carbons (Fsp3) is 0.923. The van der Waals surface area contributed by atoms with E-state index in [1.165, 1.54) is 0 Å². The Kier molecular flexibility index (Phi) is 8.61. The number of amides is 1. The number of rotatable bonds is 5. The van der Waals surface area contributed by atoms with Crippen LogP contribution in [-0.2, 0) is 4.79 Å². The predicted molar refractivity (Wildman–Crippen MR) is 74.5 cm³/mol. The number of carbonyl (C=O) groups is 1. The number of hydrogen-bond acceptors (Lipinski definition) is 2. The summed E-state index contributed by atoms with van der Waals surface area (Å²) in [5.74, 6) is 1.13. The van der Waals surface area contributed by atoms with E-state index in [0.29, 0.717) is 12.0 Å². The summed E-state index contributed by atoms with van der Waals surface area (Å²) in [6, 6.07) is 0.484. The minimum atomic E-state index is 0. The molecule has 0 aromatic carbocycles. The van der Waals surface area contributed by atoms with Crippen LogP contribution in [0.15, 0.2) is 0 Å². The van der Waals surface area contributed by atoms with Gasteiger partial charge in [-0.25, -0.2) is 0 Å². The van der Waals surface area contributed by atoms with Crippen molar-refractivity contribution in [2.75, 3.05) is 13.1 Å². The molecule has 17 heavy (non-hydrogen) atoms. The van der Waals surface area contributed by atoms with E-state index >= 15 is 0 Å². The molecular weight excluding hydrogens is 236 g/mol. The smallest absolute Gasteiger partial charge is 0.223 e. The van der Waals surface area contributed by atoms with Crippen LogP contribution in [0.2, 0.25) is 0 Å². The van der Waals surface area contributed by atoms with Crippen LogP contribution in [0.25, 0.3) is 0 Å². The van der Waals surface area contributed by atoms with Gasteiger partial charge in [-0.15, -0.1) is 12.4 Å². The van der Waals surface area contributed by atoms with Crippen molar-refractivity contribution < 1.29 is 4.79 Å². The van der Waals surface area contributed by atoms with Crippen LogP contribution in [0, 0.1) is 11.8 Å². The Bertz CT molecular complexity index is 219. The first-order valence-corrected chi connectivity index (χ1v) is 6.68.